The molecule has 0 amide bonds. The predicted octanol–water partition coefficient (Wildman–Crippen LogP) is 2.33. The fraction of sp³-hybridized carbons (Fsp3) is 0.917. The van der Waals surface area contributed by atoms with Gasteiger partial charge >= 0.3 is 6.16 Å². The molecule has 4 nitrogen and oxygen atoms in total. The van der Waals surface area contributed by atoms with Crippen LogP contribution < -0.4 is 5.32 Å². The number of hydrogen-bond donors (Lipinski definition) is 1. The molecule has 1 unspecified atom stereocenters. The molecule has 1 atom stereocenters. The van der Waals surface area contributed by atoms with Crippen molar-refractivity contribution in [3.05, 3.63) is 0 Å². The summed E-state index contributed by atoms with van der Waals surface area (Å²) in [4.78, 5) is 11.1. The molecular formula is C12H23NO3. The molecular weight excluding hydrogens is 206 g/mol. The Morgan fingerprint density at radius 2 is 2.19 bits per heavy atom. The van der Waals surface area contributed by atoms with Crippen LogP contribution in [0.25, 0.3) is 0 Å². The second-order valence-corrected chi connectivity index (χ2v) is 4.74. The maximum Gasteiger partial charge on any atom is 0.508 e. The normalized spacial score (nSPS) is 20.8. The lowest BCUT2D eigenvalue weighted by molar-refractivity contribution is 0.0446. The molecule has 0 saturated carbocycles. The highest BCUT2D eigenvalue weighted by molar-refractivity contribution is 5.59. The van der Waals surface area contributed by atoms with Gasteiger partial charge in [-0.1, -0.05) is 20.3 Å². The number of rotatable bonds is 5. The maximum absolute atomic E-state index is 11.1. The van der Waals surface area contributed by atoms with Crippen molar-refractivity contribution in [2.45, 2.75) is 45.6 Å². The number of nitrogens with one attached hydrogen (secondary N) is 1. The summed E-state index contributed by atoms with van der Waals surface area (Å²) in [5, 5.41) is 3.41. The molecule has 94 valence electrons. The quantitative estimate of drug-likeness (QED) is 0.735. The van der Waals surface area contributed by atoms with Gasteiger partial charge in [-0.3, -0.25) is 0 Å². The number of ether oxygens (including phenoxy) is 2. The van der Waals surface area contributed by atoms with Gasteiger partial charge in [0.2, 0.25) is 0 Å². The van der Waals surface area contributed by atoms with E-state index in [2.05, 4.69) is 5.32 Å². The molecule has 0 aromatic rings. The van der Waals surface area contributed by atoms with Crippen LogP contribution in [0.15, 0.2) is 0 Å². The van der Waals surface area contributed by atoms with E-state index in [0.29, 0.717) is 25.2 Å². The lowest BCUT2D eigenvalue weighted by Crippen LogP contribution is -2.35. The van der Waals surface area contributed by atoms with E-state index in [0.717, 1.165) is 13.0 Å². The molecule has 16 heavy (non-hydrogen) atoms. The molecule has 0 bridgehead atoms. The SMILES string of the molecule is CC(C)COC(=O)OCCC1CCCCN1. The largest absolute Gasteiger partial charge is 0.508 e. The molecule has 0 aromatic carbocycles. The minimum atomic E-state index is -0.537. The topological polar surface area (TPSA) is 47.6 Å². The van der Waals surface area contributed by atoms with E-state index in [1.165, 1.54) is 19.3 Å². The molecule has 1 fully saturated rings. The van der Waals surface area contributed by atoms with E-state index in [1.807, 2.05) is 13.8 Å². The van der Waals surface area contributed by atoms with Gasteiger partial charge in [-0.25, -0.2) is 4.79 Å². The molecule has 1 aliphatic rings. The summed E-state index contributed by atoms with van der Waals surface area (Å²) in [6.45, 7) is 5.97. The van der Waals surface area contributed by atoms with Crippen LogP contribution in [0, 0.1) is 5.92 Å². The van der Waals surface area contributed by atoms with Gasteiger partial charge in [0, 0.05) is 6.04 Å². The number of piperidine rings is 1. The Morgan fingerprint density at radius 1 is 1.38 bits per heavy atom. The highest BCUT2D eigenvalue weighted by atomic mass is 16.7. The Morgan fingerprint density at radius 3 is 2.81 bits per heavy atom. The lowest BCUT2D eigenvalue weighted by atomic mass is 10.0. The van der Waals surface area contributed by atoms with Crippen LogP contribution in [0.2, 0.25) is 0 Å². The Bertz CT molecular complexity index is 200. The van der Waals surface area contributed by atoms with E-state index >= 15 is 0 Å². The van der Waals surface area contributed by atoms with Gasteiger partial charge in [-0.15, -0.1) is 0 Å². The second kappa shape index (κ2) is 7.49. The minimum absolute atomic E-state index is 0.354. The Labute approximate surface area is 97.7 Å². The maximum atomic E-state index is 11.1. The van der Waals surface area contributed by atoms with Gasteiger partial charge in [0.15, 0.2) is 0 Å². The minimum Gasteiger partial charge on any atom is -0.434 e. The van der Waals surface area contributed by atoms with Crippen molar-refractivity contribution < 1.29 is 14.3 Å². The van der Waals surface area contributed by atoms with Crippen molar-refractivity contribution >= 4 is 6.16 Å². The van der Waals surface area contributed by atoms with E-state index in [1.54, 1.807) is 0 Å². The third-order valence-corrected chi connectivity index (χ3v) is 2.63. The summed E-state index contributed by atoms with van der Waals surface area (Å²) < 4.78 is 9.91. The van der Waals surface area contributed by atoms with Gasteiger partial charge in [0.1, 0.15) is 0 Å². The summed E-state index contributed by atoms with van der Waals surface area (Å²) in [6, 6.07) is 0.506. The Kier molecular flexibility index (Phi) is 6.23. The molecule has 0 aromatic heterocycles. The highest BCUT2D eigenvalue weighted by Gasteiger charge is 2.13. The van der Waals surface area contributed by atoms with Crippen molar-refractivity contribution in [1.29, 1.82) is 0 Å². The molecule has 1 heterocycles. The lowest BCUT2D eigenvalue weighted by Gasteiger charge is -2.22. The van der Waals surface area contributed by atoms with Gasteiger partial charge in [0.25, 0.3) is 0 Å². The summed E-state index contributed by atoms with van der Waals surface area (Å²) in [6.07, 6.45) is 4.06. The van der Waals surface area contributed by atoms with E-state index in [-0.39, 0.29) is 0 Å². The third-order valence-electron chi connectivity index (χ3n) is 2.63. The smallest absolute Gasteiger partial charge is 0.434 e. The van der Waals surface area contributed by atoms with Crippen molar-refractivity contribution in [3.8, 4) is 0 Å². The van der Waals surface area contributed by atoms with Crippen LogP contribution >= 0.6 is 0 Å². The molecule has 0 aliphatic carbocycles. The average Bonchev–Trinajstić information content (AvgIpc) is 2.28. The summed E-state index contributed by atoms with van der Waals surface area (Å²) in [5.41, 5.74) is 0. The van der Waals surface area contributed by atoms with Crippen molar-refractivity contribution in [2.75, 3.05) is 19.8 Å². The van der Waals surface area contributed by atoms with Crippen LogP contribution in [0.4, 0.5) is 4.79 Å². The monoisotopic (exact) mass is 229 g/mol. The van der Waals surface area contributed by atoms with E-state index in [9.17, 15) is 4.79 Å². The van der Waals surface area contributed by atoms with Gasteiger partial charge in [0.05, 0.1) is 13.2 Å². The molecule has 0 radical (unpaired) electrons. The number of carbonyl (C=O) groups excluding carboxylic acids is 1. The summed E-state index contributed by atoms with van der Waals surface area (Å²) >= 11 is 0. The first-order valence-electron chi connectivity index (χ1n) is 6.21. The molecule has 0 spiro atoms. The fourth-order valence-electron chi connectivity index (χ4n) is 1.73. The Balaban J connectivity index is 1.99. The summed E-state index contributed by atoms with van der Waals surface area (Å²) in [5.74, 6) is 0.354. The highest BCUT2D eigenvalue weighted by Crippen LogP contribution is 2.10. The Hall–Kier alpha value is -0.770. The first-order chi connectivity index (χ1) is 7.68. The van der Waals surface area contributed by atoms with Crippen LogP contribution in [-0.4, -0.2) is 32.0 Å². The van der Waals surface area contributed by atoms with Crippen LogP contribution in [0.1, 0.15) is 39.5 Å². The molecule has 1 saturated heterocycles. The van der Waals surface area contributed by atoms with Crippen LogP contribution in [-0.2, 0) is 9.47 Å². The predicted molar refractivity (Wildman–Crippen MR) is 62.4 cm³/mol. The zero-order valence-electron chi connectivity index (χ0n) is 10.3. The van der Waals surface area contributed by atoms with E-state index in [4.69, 9.17) is 9.47 Å². The number of hydrogen-bond acceptors (Lipinski definition) is 4. The third kappa shape index (κ3) is 5.95. The van der Waals surface area contributed by atoms with Crippen molar-refractivity contribution in [2.24, 2.45) is 5.92 Å². The zero-order chi connectivity index (χ0) is 11.8. The fourth-order valence-corrected chi connectivity index (χ4v) is 1.73. The first kappa shape index (κ1) is 13.3. The van der Waals surface area contributed by atoms with Gasteiger partial charge < -0.3 is 14.8 Å². The molecule has 1 rings (SSSR count). The first-order valence-corrected chi connectivity index (χ1v) is 6.21. The second-order valence-electron chi connectivity index (χ2n) is 4.74. The van der Waals surface area contributed by atoms with Gasteiger partial charge in [-0.2, -0.15) is 0 Å². The van der Waals surface area contributed by atoms with Crippen molar-refractivity contribution in [1.82, 2.24) is 5.32 Å². The standard InChI is InChI=1S/C12H23NO3/c1-10(2)9-16-12(14)15-8-6-11-5-3-4-7-13-11/h10-11,13H,3-9H2,1-2H3. The molecule has 4 heteroatoms. The zero-order valence-corrected chi connectivity index (χ0v) is 10.3. The molecule has 1 aliphatic heterocycles. The number of carbonyl (C=O) groups is 1. The van der Waals surface area contributed by atoms with Gasteiger partial charge in [-0.05, 0) is 31.7 Å². The van der Waals surface area contributed by atoms with Crippen molar-refractivity contribution in [3.63, 3.8) is 0 Å². The van der Waals surface area contributed by atoms with Crippen LogP contribution in [0.5, 0.6) is 0 Å². The average molecular weight is 229 g/mol. The molecule has 1 N–H and O–H groups in total. The van der Waals surface area contributed by atoms with Crippen LogP contribution in [0.3, 0.4) is 0 Å². The van der Waals surface area contributed by atoms with E-state index < -0.39 is 6.16 Å². The summed E-state index contributed by atoms with van der Waals surface area (Å²) in [7, 11) is 0.